The third kappa shape index (κ3) is 6.84. The minimum atomic E-state index is -1.88. The van der Waals surface area contributed by atoms with Crippen LogP contribution in [0.3, 0.4) is 0 Å². The highest BCUT2D eigenvalue weighted by Crippen LogP contribution is 2.41. The minimum absolute atomic E-state index is 0.102. The Morgan fingerprint density at radius 1 is 0.935 bits per heavy atom. The van der Waals surface area contributed by atoms with Crippen molar-refractivity contribution in [2.75, 3.05) is 27.4 Å². The van der Waals surface area contributed by atoms with Gasteiger partial charge >= 0.3 is 11.9 Å². The van der Waals surface area contributed by atoms with Gasteiger partial charge in [0.25, 0.3) is 11.5 Å². The number of unbranched alkanes of at least 4 members (excludes halogenated alkanes) is 1. The third-order valence-electron chi connectivity index (χ3n) is 5.58. The van der Waals surface area contributed by atoms with E-state index in [1.54, 1.807) is 19.9 Å². The van der Waals surface area contributed by atoms with E-state index >= 15 is 0 Å². The van der Waals surface area contributed by atoms with Gasteiger partial charge in [0, 0.05) is 17.5 Å². The van der Waals surface area contributed by atoms with Crippen LogP contribution in [0.4, 0.5) is 0 Å². The zero-order valence-electron chi connectivity index (χ0n) is 20.5. The van der Waals surface area contributed by atoms with Gasteiger partial charge in [-0.15, -0.1) is 0 Å². The van der Waals surface area contributed by atoms with E-state index in [4.69, 9.17) is 23.8 Å². The Balaban J connectivity index is 3.32. The summed E-state index contributed by atoms with van der Waals surface area (Å²) in [6, 6.07) is 0. The van der Waals surface area contributed by atoms with Gasteiger partial charge in [0.05, 0.1) is 27.4 Å². The van der Waals surface area contributed by atoms with Gasteiger partial charge < -0.3 is 18.9 Å². The number of piperidine rings is 1. The van der Waals surface area contributed by atoms with Crippen LogP contribution in [0, 0.1) is 0 Å². The number of methoxy groups -OCH3 is 2. The Morgan fingerprint density at radius 2 is 1.42 bits per heavy atom. The van der Waals surface area contributed by atoms with Gasteiger partial charge in [0.2, 0.25) is 0 Å². The van der Waals surface area contributed by atoms with Crippen molar-refractivity contribution in [3.05, 3.63) is 12.0 Å². The fourth-order valence-electron chi connectivity index (χ4n) is 4.10. The monoisotopic (exact) mass is 443 g/mol. The van der Waals surface area contributed by atoms with Crippen LogP contribution in [0.2, 0.25) is 0 Å². The number of rotatable bonds is 12. The molecular formula is C23H41NO7. The molecule has 0 radical (unpaired) electrons. The standard InChI is InChI=1S/C23H41NO7/c1-9-29-19(25)23(20(26)30-10-2,17-12-11-14-18(27-7)28-8)31-24-21(3,4)15-13-16-22(24,5)6/h14H,9-13,15-17H2,1-8H3. The summed E-state index contributed by atoms with van der Waals surface area (Å²) in [5.74, 6) is -1.08. The van der Waals surface area contributed by atoms with Crippen molar-refractivity contribution in [2.24, 2.45) is 0 Å². The van der Waals surface area contributed by atoms with Gasteiger partial charge in [-0.2, -0.15) is 5.06 Å². The number of hydrogen-bond acceptors (Lipinski definition) is 8. The second kappa shape index (κ2) is 11.7. The van der Waals surface area contributed by atoms with Crippen LogP contribution in [-0.4, -0.2) is 61.1 Å². The first-order valence-electron chi connectivity index (χ1n) is 11.1. The van der Waals surface area contributed by atoms with Crippen molar-refractivity contribution in [3.63, 3.8) is 0 Å². The van der Waals surface area contributed by atoms with Crippen LogP contribution < -0.4 is 0 Å². The summed E-state index contributed by atoms with van der Waals surface area (Å²) in [5, 5.41) is 1.81. The van der Waals surface area contributed by atoms with Gasteiger partial charge in [-0.3, -0.25) is 4.84 Å². The number of allylic oxidation sites excluding steroid dienone is 1. The average Bonchev–Trinajstić information content (AvgIpc) is 2.69. The van der Waals surface area contributed by atoms with Crippen LogP contribution in [0.1, 0.15) is 80.1 Å². The maximum absolute atomic E-state index is 13.2. The first-order chi connectivity index (χ1) is 14.5. The summed E-state index contributed by atoms with van der Waals surface area (Å²) in [6.45, 7) is 11.9. The normalized spacial score (nSPS) is 18.1. The van der Waals surface area contributed by atoms with Crippen molar-refractivity contribution in [3.8, 4) is 0 Å². The fourth-order valence-corrected chi connectivity index (χ4v) is 4.10. The third-order valence-corrected chi connectivity index (χ3v) is 5.58. The molecule has 0 aromatic heterocycles. The molecule has 1 aliphatic heterocycles. The van der Waals surface area contributed by atoms with Crippen LogP contribution in [0.5, 0.6) is 0 Å². The number of hydrogen-bond donors (Lipinski definition) is 0. The predicted molar refractivity (Wildman–Crippen MR) is 117 cm³/mol. The van der Waals surface area contributed by atoms with Crippen LogP contribution >= 0.6 is 0 Å². The topological polar surface area (TPSA) is 83.5 Å². The molecule has 0 unspecified atom stereocenters. The van der Waals surface area contributed by atoms with E-state index in [2.05, 4.69) is 27.7 Å². The molecule has 0 amide bonds. The number of carbonyl (C=O) groups excluding carboxylic acids is 2. The minimum Gasteiger partial charge on any atom is -0.469 e. The molecule has 1 aliphatic rings. The lowest BCUT2D eigenvalue weighted by Crippen LogP contribution is -2.65. The van der Waals surface area contributed by atoms with Gasteiger partial charge in [0.15, 0.2) is 0 Å². The SMILES string of the molecule is CCOC(=O)C(CCCC=C(OC)OC)(ON1C(C)(C)CCCC1(C)C)C(=O)OCC. The molecule has 0 atom stereocenters. The van der Waals surface area contributed by atoms with E-state index in [0.717, 1.165) is 19.3 Å². The summed E-state index contributed by atoms with van der Waals surface area (Å²) >= 11 is 0. The first kappa shape index (κ1) is 27.2. The number of nitrogens with zero attached hydrogens (tertiary/aromatic N) is 1. The van der Waals surface area contributed by atoms with Gasteiger partial charge in [-0.05, 0) is 79.7 Å². The molecule has 1 saturated heterocycles. The highest BCUT2D eigenvalue weighted by molar-refractivity contribution is 6.03. The van der Waals surface area contributed by atoms with E-state index in [-0.39, 0.29) is 30.7 Å². The lowest BCUT2D eigenvalue weighted by molar-refractivity contribution is -0.329. The van der Waals surface area contributed by atoms with E-state index in [1.165, 1.54) is 14.2 Å². The second-order valence-corrected chi connectivity index (χ2v) is 8.96. The second-order valence-electron chi connectivity index (χ2n) is 8.96. The molecule has 1 rings (SSSR count). The summed E-state index contributed by atoms with van der Waals surface area (Å²) in [7, 11) is 3.03. The summed E-state index contributed by atoms with van der Waals surface area (Å²) < 4.78 is 20.8. The number of hydroxylamine groups is 2. The quantitative estimate of drug-likeness (QED) is 0.193. The highest BCUT2D eigenvalue weighted by Gasteiger charge is 2.56. The Hall–Kier alpha value is -1.80. The average molecular weight is 444 g/mol. The molecule has 0 saturated carbocycles. The zero-order chi connectivity index (χ0) is 23.7. The Labute approximate surface area is 187 Å². The van der Waals surface area contributed by atoms with Crippen LogP contribution in [0.15, 0.2) is 12.0 Å². The summed E-state index contributed by atoms with van der Waals surface area (Å²) in [4.78, 5) is 32.8. The van der Waals surface area contributed by atoms with E-state index < -0.39 is 17.5 Å². The molecule has 1 fully saturated rings. The van der Waals surface area contributed by atoms with Crippen LogP contribution in [-0.2, 0) is 33.4 Å². The van der Waals surface area contributed by atoms with E-state index in [9.17, 15) is 9.59 Å². The Bertz CT molecular complexity index is 587. The van der Waals surface area contributed by atoms with Crippen LogP contribution in [0.25, 0.3) is 0 Å². The summed E-state index contributed by atoms with van der Waals surface area (Å²) in [6.07, 6.45) is 5.64. The largest absolute Gasteiger partial charge is 0.469 e. The first-order valence-corrected chi connectivity index (χ1v) is 11.1. The van der Waals surface area contributed by atoms with Crippen molar-refractivity contribution in [1.82, 2.24) is 5.06 Å². The van der Waals surface area contributed by atoms with Gasteiger partial charge in [-0.1, -0.05) is 0 Å². The number of ether oxygens (including phenoxy) is 4. The molecule has 1 heterocycles. The zero-order valence-corrected chi connectivity index (χ0v) is 20.5. The lowest BCUT2D eigenvalue weighted by atomic mass is 9.82. The van der Waals surface area contributed by atoms with Crippen molar-refractivity contribution in [2.45, 2.75) is 96.7 Å². The molecule has 0 N–H and O–H groups in total. The maximum atomic E-state index is 13.2. The lowest BCUT2D eigenvalue weighted by Gasteiger charge is -2.53. The highest BCUT2D eigenvalue weighted by atomic mass is 16.7. The fraction of sp³-hybridized carbons (Fsp3) is 0.826. The number of esters is 2. The van der Waals surface area contributed by atoms with Crippen molar-refractivity contribution < 1.29 is 33.4 Å². The smallest absolute Gasteiger partial charge is 0.352 e. The maximum Gasteiger partial charge on any atom is 0.352 e. The summed E-state index contributed by atoms with van der Waals surface area (Å²) in [5.41, 5.74) is -2.62. The number of carbonyl (C=O) groups is 2. The molecule has 0 bridgehead atoms. The van der Waals surface area contributed by atoms with E-state index in [1.807, 2.05) is 5.06 Å². The van der Waals surface area contributed by atoms with Gasteiger partial charge in [-0.25, -0.2) is 9.59 Å². The molecule has 0 aliphatic carbocycles. The molecule has 8 nitrogen and oxygen atoms in total. The molecule has 180 valence electrons. The Morgan fingerprint density at radius 3 is 1.84 bits per heavy atom. The molecular weight excluding hydrogens is 402 g/mol. The van der Waals surface area contributed by atoms with Gasteiger partial charge in [0.1, 0.15) is 0 Å². The molecule has 0 spiro atoms. The van der Waals surface area contributed by atoms with E-state index in [0.29, 0.717) is 18.8 Å². The molecule has 8 heteroatoms. The Kier molecular flexibility index (Phi) is 10.3. The molecule has 0 aromatic rings. The molecule has 31 heavy (non-hydrogen) atoms. The van der Waals surface area contributed by atoms with Crippen molar-refractivity contribution >= 4 is 11.9 Å². The molecule has 0 aromatic carbocycles. The predicted octanol–water partition coefficient (Wildman–Crippen LogP) is 4.13. The van der Waals surface area contributed by atoms with Crippen molar-refractivity contribution in [1.29, 1.82) is 0 Å².